The molecule has 1 heterocycles. The van der Waals surface area contributed by atoms with E-state index in [1.54, 1.807) is 36.0 Å². The molecule has 0 aliphatic heterocycles. The molecule has 0 unspecified atom stereocenters. The van der Waals surface area contributed by atoms with Gasteiger partial charge in [-0.25, -0.2) is 5.43 Å². The lowest BCUT2D eigenvalue weighted by Crippen LogP contribution is -2.19. The van der Waals surface area contributed by atoms with Crippen molar-refractivity contribution in [2.75, 3.05) is 5.75 Å². The van der Waals surface area contributed by atoms with Crippen molar-refractivity contribution in [3.63, 3.8) is 0 Å². The van der Waals surface area contributed by atoms with Crippen LogP contribution in [0.3, 0.4) is 0 Å². The molecule has 0 fully saturated rings. The van der Waals surface area contributed by atoms with Gasteiger partial charge in [0.15, 0.2) is 8.68 Å². The van der Waals surface area contributed by atoms with Crippen LogP contribution in [0.25, 0.3) is 16.8 Å². The zero-order chi connectivity index (χ0) is 24.5. The predicted molar refractivity (Wildman–Crippen MR) is 143 cm³/mol. The minimum atomic E-state index is -0.448. The van der Waals surface area contributed by atoms with Crippen LogP contribution in [0.1, 0.15) is 11.1 Å². The van der Waals surface area contributed by atoms with Crippen LogP contribution >= 0.6 is 34.9 Å². The van der Waals surface area contributed by atoms with E-state index in [0.717, 1.165) is 10.1 Å². The molecule has 0 aliphatic rings. The quantitative estimate of drug-likeness (QED) is 0.122. The number of nitrogens with one attached hydrogen (secondary N) is 1. The van der Waals surface area contributed by atoms with Crippen molar-refractivity contribution >= 4 is 69.5 Å². The van der Waals surface area contributed by atoms with Crippen molar-refractivity contribution < 1.29 is 9.72 Å². The molecule has 1 aromatic heterocycles. The van der Waals surface area contributed by atoms with Gasteiger partial charge in [0.1, 0.15) is 0 Å². The maximum atomic E-state index is 12.0. The van der Waals surface area contributed by atoms with Crippen molar-refractivity contribution in [1.29, 1.82) is 0 Å². The number of carbonyl (C=O) groups excluding carboxylic acids is 1. The molecular formula is C24H19N5O3S3. The summed E-state index contributed by atoms with van der Waals surface area (Å²) in [6, 6.07) is 20.9. The largest absolute Gasteiger partial charge is 0.276 e. The molecule has 11 heteroatoms. The Balaban J connectivity index is 1.22. The Labute approximate surface area is 213 Å². The first-order valence-corrected chi connectivity index (χ1v) is 13.2. The SMILES string of the molecule is O=C(CSc1nnc(SCc2cccc3ccccc23)s1)N/N=C\C=C\c1ccccc1[N+](=O)[O-]. The lowest BCUT2D eigenvalue weighted by Gasteiger charge is -2.04. The van der Waals surface area contributed by atoms with Gasteiger partial charge in [-0.2, -0.15) is 5.10 Å². The maximum absolute atomic E-state index is 12.0. The van der Waals surface area contributed by atoms with E-state index in [1.807, 2.05) is 12.1 Å². The number of para-hydroxylation sites is 1. The first-order chi connectivity index (χ1) is 17.1. The summed E-state index contributed by atoms with van der Waals surface area (Å²) < 4.78 is 1.56. The van der Waals surface area contributed by atoms with E-state index < -0.39 is 4.92 Å². The molecule has 0 bridgehead atoms. The summed E-state index contributed by atoms with van der Waals surface area (Å²) in [7, 11) is 0. The van der Waals surface area contributed by atoms with Crippen molar-refractivity contribution in [2.24, 2.45) is 5.10 Å². The number of hydrogen-bond acceptors (Lipinski definition) is 9. The van der Waals surface area contributed by atoms with E-state index >= 15 is 0 Å². The number of benzene rings is 3. The van der Waals surface area contributed by atoms with Crippen molar-refractivity contribution in [3.8, 4) is 0 Å². The van der Waals surface area contributed by atoms with E-state index in [0.29, 0.717) is 9.90 Å². The molecule has 35 heavy (non-hydrogen) atoms. The molecule has 1 N–H and O–H groups in total. The van der Waals surface area contributed by atoms with Gasteiger partial charge in [-0.05, 0) is 34.6 Å². The molecule has 1 amide bonds. The molecular weight excluding hydrogens is 502 g/mol. The number of rotatable bonds is 10. The lowest BCUT2D eigenvalue weighted by molar-refractivity contribution is -0.385. The Hall–Kier alpha value is -3.54. The number of nitrogens with zero attached hydrogens (tertiary/aromatic N) is 4. The standard InChI is InChI=1S/C24H19N5O3S3/c30-22(26-25-14-6-11-18-8-2-4-13-21(18)29(31)32)16-34-24-28-27-23(35-24)33-15-19-10-5-9-17-7-1-3-12-20(17)19/h1-14H,15-16H2,(H,26,30)/b11-6+,25-14-. The summed E-state index contributed by atoms with van der Waals surface area (Å²) >= 11 is 4.37. The van der Waals surface area contributed by atoms with Gasteiger partial charge in [0.25, 0.3) is 11.6 Å². The highest BCUT2D eigenvalue weighted by Crippen LogP contribution is 2.32. The zero-order valence-corrected chi connectivity index (χ0v) is 20.7. The van der Waals surface area contributed by atoms with E-state index in [4.69, 9.17) is 0 Å². The highest BCUT2D eigenvalue weighted by Gasteiger charge is 2.10. The number of hydrogen-bond donors (Lipinski definition) is 1. The Morgan fingerprint density at radius 1 is 1.03 bits per heavy atom. The first-order valence-electron chi connectivity index (χ1n) is 10.4. The van der Waals surface area contributed by atoms with Crippen molar-refractivity contribution in [1.82, 2.24) is 15.6 Å². The van der Waals surface area contributed by atoms with Gasteiger partial charge in [-0.3, -0.25) is 14.9 Å². The van der Waals surface area contributed by atoms with Crippen LogP contribution in [0.2, 0.25) is 0 Å². The second kappa shape index (κ2) is 12.2. The van der Waals surface area contributed by atoms with E-state index in [9.17, 15) is 14.9 Å². The zero-order valence-electron chi connectivity index (χ0n) is 18.2. The summed E-state index contributed by atoms with van der Waals surface area (Å²) in [6.45, 7) is 0. The smallest absolute Gasteiger partial charge is 0.272 e. The van der Waals surface area contributed by atoms with E-state index in [2.05, 4.69) is 51.1 Å². The molecule has 176 valence electrons. The first kappa shape index (κ1) is 24.6. The molecule has 0 aliphatic carbocycles. The lowest BCUT2D eigenvalue weighted by atomic mass is 10.1. The summed E-state index contributed by atoms with van der Waals surface area (Å²) in [5, 5.41) is 25.7. The highest BCUT2D eigenvalue weighted by atomic mass is 32.2. The maximum Gasteiger partial charge on any atom is 0.276 e. The summed E-state index contributed by atoms with van der Waals surface area (Å²) in [4.78, 5) is 22.6. The van der Waals surface area contributed by atoms with Crippen LogP contribution in [0.15, 0.2) is 86.6 Å². The number of allylic oxidation sites excluding steroid dienone is 1. The van der Waals surface area contributed by atoms with Crippen LogP contribution in [0.5, 0.6) is 0 Å². The van der Waals surface area contributed by atoms with Gasteiger partial charge < -0.3 is 0 Å². The highest BCUT2D eigenvalue weighted by molar-refractivity contribution is 8.03. The monoisotopic (exact) mass is 521 g/mol. The number of hydrazone groups is 1. The fourth-order valence-corrected chi connectivity index (χ4v) is 5.94. The minimum absolute atomic E-state index is 0.00398. The normalized spacial score (nSPS) is 11.4. The molecule has 0 saturated carbocycles. The number of fused-ring (bicyclic) bond motifs is 1. The summed E-state index contributed by atoms with van der Waals surface area (Å²) in [6.07, 6.45) is 4.45. The minimum Gasteiger partial charge on any atom is -0.272 e. The molecule has 3 aromatic carbocycles. The Kier molecular flexibility index (Phi) is 8.60. The topological polar surface area (TPSA) is 110 Å². The molecule has 8 nitrogen and oxygen atoms in total. The van der Waals surface area contributed by atoms with E-state index in [1.165, 1.54) is 57.8 Å². The van der Waals surface area contributed by atoms with Crippen LogP contribution < -0.4 is 5.43 Å². The molecule has 0 atom stereocenters. The van der Waals surface area contributed by atoms with Crippen LogP contribution in [0.4, 0.5) is 5.69 Å². The average molecular weight is 522 g/mol. The van der Waals surface area contributed by atoms with Gasteiger partial charge in [-0.15, -0.1) is 10.2 Å². The van der Waals surface area contributed by atoms with Crippen LogP contribution in [-0.2, 0) is 10.5 Å². The molecule has 4 rings (SSSR count). The molecule has 0 saturated heterocycles. The van der Waals surface area contributed by atoms with Crippen LogP contribution in [-0.4, -0.2) is 33.0 Å². The average Bonchev–Trinajstić information content (AvgIpc) is 3.34. The Morgan fingerprint density at radius 2 is 1.77 bits per heavy atom. The number of carbonyl (C=O) groups is 1. The molecule has 0 spiro atoms. The van der Waals surface area contributed by atoms with E-state index in [-0.39, 0.29) is 17.3 Å². The van der Waals surface area contributed by atoms with Gasteiger partial charge in [0.05, 0.1) is 16.2 Å². The summed E-state index contributed by atoms with van der Waals surface area (Å²) in [5.41, 5.74) is 4.12. The summed E-state index contributed by atoms with van der Waals surface area (Å²) in [5.74, 6) is 0.647. The van der Waals surface area contributed by atoms with Crippen molar-refractivity contribution in [3.05, 3.63) is 94.0 Å². The van der Waals surface area contributed by atoms with Crippen LogP contribution in [0, 0.1) is 10.1 Å². The predicted octanol–water partition coefficient (Wildman–Crippen LogP) is 5.80. The Morgan fingerprint density at radius 3 is 2.63 bits per heavy atom. The Bertz CT molecular complexity index is 1400. The van der Waals surface area contributed by atoms with Gasteiger partial charge in [-0.1, -0.05) is 89.5 Å². The number of aromatic nitrogens is 2. The van der Waals surface area contributed by atoms with Gasteiger partial charge in [0.2, 0.25) is 0 Å². The van der Waals surface area contributed by atoms with Crippen molar-refractivity contribution in [2.45, 2.75) is 14.4 Å². The number of amides is 1. The van der Waals surface area contributed by atoms with Gasteiger partial charge >= 0.3 is 0 Å². The molecule has 4 aromatic rings. The molecule has 0 radical (unpaired) electrons. The number of nitro groups is 1. The third-order valence-electron chi connectivity index (χ3n) is 4.70. The fraction of sp³-hybridized carbons (Fsp3) is 0.0833. The third kappa shape index (κ3) is 6.98. The second-order valence-electron chi connectivity index (χ2n) is 7.04. The number of nitro benzene ring substituents is 1. The second-order valence-corrected chi connectivity index (χ2v) is 10.5. The fourth-order valence-electron chi connectivity index (χ4n) is 3.12. The number of thioether (sulfide) groups is 2. The van der Waals surface area contributed by atoms with Gasteiger partial charge in [0, 0.05) is 18.0 Å². The third-order valence-corrected chi connectivity index (χ3v) is 7.94.